The highest BCUT2D eigenvalue weighted by Gasteiger charge is 2.14. The van der Waals surface area contributed by atoms with Gasteiger partial charge in [0.2, 0.25) is 5.91 Å². The summed E-state index contributed by atoms with van der Waals surface area (Å²) in [6, 6.07) is 9.56. The summed E-state index contributed by atoms with van der Waals surface area (Å²) >= 11 is 0. The van der Waals surface area contributed by atoms with Crippen LogP contribution in [0.25, 0.3) is 0 Å². The molecule has 2 heteroatoms. The van der Waals surface area contributed by atoms with Gasteiger partial charge in [0, 0.05) is 12.6 Å². The second-order valence-corrected chi connectivity index (χ2v) is 3.25. The summed E-state index contributed by atoms with van der Waals surface area (Å²) in [7, 11) is 0. The number of hydrogen-bond acceptors (Lipinski definition) is 1. The quantitative estimate of drug-likeness (QED) is 0.667. The van der Waals surface area contributed by atoms with Crippen molar-refractivity contribution in [3.05, 3.63) is 60.0 Å². The molecule has 1 aromatic rings. The number of benzene rings is 1. The first kappa shape index (κ1) is 9.50. The van der Waals surface area contributed by atoms with Crippen LogP contribution in [-0.2, 0) is 4.79 Å². The zero-order valence-corrected chi connectivity index (χ0v) is 8.47. The monoisotopic (exact) mass is 197 g/mol. The predicted octanol–water partition coefficient (Wildman–Crippen LogP) is 2.65. The predicted molar refractivity (Wildman–Crippen MR) is 60.3 cm³/mol. The van der Waals surface area contributed by atoms with Crippen molar-refractivity contribution in [3.8, 4) is 0 Å². The number of nitrogens with zero attached hydrogens (tertiary/aromatic N) is 1. The standard InChI is InChI=1S/C13H11NO/c1-11(15)14(13-9-5-6-10-13)12-7-3-2-4-8-12/h2-9H,1H3. The van der Waals surface area contributed by atoms with Gasteiger partial charge < -0.3 is 0 Å². The largest absolute Gasteiger partial charge is 0.274 e. The lowest BCUT2D eigenvalue weighted by atomic mass is 10.2. The average molecular weight is 197 g/mol. The summed E-state index contributed by atoms with van der Waals surface area (Å²) in [5.74, 6) is -0.0105. The van der Waals surface area contributed by atoms with Gasteiger partial charge in [-0.3, -0.25) is 9.69 Å². The molecule has 0 bridgehead atoms. The van der Waals surface area contributed by atoms with Gasteiger partial charge in [-0.1, -0.05) is 30.0 Å². The molecule has 74 valence electrons. The fraction of sp³-hybridized carbons (Fsp3) is 0.0769. The Morgan fingerprint density at radius 3 is 2.53 bits per heavy atom. The molecule has 0 saturated carbocycles. The van der Waals surface area contributed by atoms with Crippen LogP contribution in [0.15, 0.2) is 60.0 Å². The van der Waals surface area contributed by atoms with E-state index in [1.807, 2.05) is 42.5 Å². The molecule has 15 heavy (non-hydrogen) atoms. The van der Waals surface area contributed by atoms with E-state index in [1.54, 1.807) is 17.9 Å². The number of carbonyl (C=O) groups excluding carboxylic acids is 1. The lowest BCUT2D eigenvalue weighted by Crippen LogP contribution is -2.26. The highest BCUT2D eigenvalue weighted by Crippen LogP contribution is 2.20. The first-order valence-electron chi connectivity index (χ1n) is 4.78. The van der Waals surface area contributed by atoms with E-state index in [4.69, 9.17) is 0 Å². The smallest absolute Gasteiger partial charge is 0.228 e. The maximum absolute atomic E-state index is 11.5. The minimum Gasteiger partial charge on any atom is -0.274 e. The number of allylic oxidation sites excluding steroid dienone is 2. The lowest BCUT2D eigenvalue weighted by Gasteiger charge is -2.19. The van der Waals surface area contributed by atoms with E-state index >= 15 is 0 Å². The summed E-state index contributed by atoms with van der Waals surface area (Å²) in [5, 5.41) is 0. The first-order valence-corrected chi connectivity index (χ1v) is 4.78. The molecule has 0 aliphatic heterocycles. The molecule has 2 rings (SSSR count). The maximum Gasteiger partial charge on any atom is 0.228 e. The Labute approximate surface area is 88.8 Å². The maximum atomic E-state index is 11.5. The Balaban J connectivity index is 2.41. The van der Waals surface area contributed by atoms with Crippen LogP contribution >= 0.6 is 0 Å². The minimum atomic E-state index is -0.0105. The number of para-hydroxylation sites is 1. The van der Waals surface area contributed by atoms with Gasteiger partial charge in [0.1, 0.15) is 0 Å². The van der Waals surface area contributed by atoms with Crippen LogP contribution in [0.2, 0.25) is 0 Å². The molecule has 0 unspecified atom stereocenters. The molecule has 1 amide bonds. The fourth-order valence-corrected chi connectivity index (χ4v) is 1.53. The van der Waals surface area contributed by atoms with Crippen molar-refractivity contribution >= 4 is 11.6 Å². The van der Waals surface area contributed by atoms with Crippen molar-refractivity contribution in [2.75, 3.05) is 4.90 Å². The van der Waals surface area contributed by atoms with Crippen LogP contribution in [0.5, 0.6) is 0 Å². The fourth-order valence-electron chi connectivity index (χ4n) is 1.53. The Morgan fingerprint density at radius 2 is 2.00 bits per heavy atom. The third-order valence-corrected chi connectivity index (χ3v) is 2.15. The van der Waals surface area contributed by atoms with Crippen molar-refractivity contribution in [1.29, 1.82) is 0 Å². The number of anilines is 1. The van der Waals surface area contributed by atoms with Gasteiger partial charge in [0.25, 0.3) is 0 Å². The normalized spacial score (nSPS) is 12.7. The van der Waals surface area contributed by atoms with Gasteiger partial charge in [-0.15, -0.1) is 0 Å². The molecule has 0 spiro atoms. The van der Waals surface area contributed by atoms with E-state index in [-0.39, 0.29) is 5.91 Å². The van der Waals surface area contributed by atoms with Crippen molar-refractivity contribution in [1.82, 2.24) is 0 Å². The van der Waals surface area contributed by atoms with Crippen molar-refractivity contribution in [2.24, 2.45) is 0 Å². The molecule has 0 heterocycles. The molecule has 0 aromatic heterocycles. The second-order valence-electron chi connectivity index (χ2n) is 3.25. The lowest BCUT2D eigenvalue weighted by molar-refractivity contribution is -0.116. The SMILES string of the molecule is CC(=O)N(C1=C=CC=C1)c1ccccc1. The summed E-state index contributed by atoms with van der Waals surface area (Å²) in [6.45, 7) is 1.55. The van der Waals surface area contributed by atoms with E-state index in [2.05, 4.69) is 5.73 Å². The molecule has 1 aliphatic carbocycles. The zero-order valence-electron chi connectivity index (χ0n) is 8.47. The van der Waals surface area contributed by atoms with Gasteiger partial charge in [-0.2, -0.15) is 0 Å². The topological polar surface area (TPSA) is 20.3 Å². The van der Waals surface area contributed by atoms with Gasteiger partial charge in [0.05, 0.1) is 5.70 Å². The van der Waals surface area contributed by atoms with Crippen LogP contribution in [0.4, 0.5) is 5.69 Å². The van der Waals surface area contributed by atoms with Crippen LogP contribution in [0.1, 0.15) is 6.92 Å². The van der Waals surface area contributed by atoms with Crippen LogP contribution in [0, 0.1) is 0 Å². The molecule has 0 radical (unpaired) electrons. The molecule has 1 aliphatic rings. The summed E-state index contributed by atoms with van der Waals surface area (Å²) in [4.78, 5) is 13.2. The molecule has 0 N–H and O–H groups in total. The summed E-state index contributed by atoms with van der Waals surface area (Å²) in [6.07, 6.45) is 5.54. The molecule has 0 atom stereocenters. The Morgan fingerprint density at radius 1 is 1.27 bits per heavy atom. The van der Waals surface area contributed by atoms with Crippen LogP contribution in [0.3, 0.4) is 0 Å². The van der Waals surface area contributed by atoms with Crippen molar-refractivity contribution in [3.63, 3.8) is 0 Å². The molecule has 2 nitrogen and oxygen atoms in total. The summed E-state index contributed by atoms with van der Waals surface area (Å²) in [5.41, 5.74) is 4.68. The first-order chi connectivity index (χ1) is 7.29. The average Bonchev–Trinajstić information content (AvgIpc) is 2.72. The minimum absolute atomic E-state index is 0.0105. The Hall–Kier alpha value is -2.05. The van der Waals surface area contributed by atoms with Gasteiger partial charge >= 0.3 is 0 Å². The number of amides is 1. The number of hydrogen-bond donors (Lipinski definition) is 0. The third-order valence-electron chi connectivity index (χ3n) is 2.15. The molecular formula is C13H11NO. The van der Waals surface area contributed by atoms with E-state index in [1.165, 1.54) is 0 Å². The van der Waals surface area contributed by atoms with E-state index in [0.717, 1.165) is 11.4 Å². The Bertz CT molecular complexity index is 465. The van der Waals surface area contributed by atoms with Gasteiger partial charge in [-0.05, 0) is 24.3 Å². The second kappa shape index (κ2) is 3.99. The molecular weight excluding hydrogens is 186 g/mol. The van der Waals surface area contributed by atoms with Crippen LogP contribution < -0.4 is 4.90 Å². The molecule has 1 aromatic carbocycles. The number of carbonyl (C=O) groups is 1. The third kappa shape index (κ3) is 1.90. The highest BCUT2D eigenvalue weighted by molar-refractivity contribution is 5.95. The van der Waals surface area contributed by atoms with Crippen molar-refractivity contribution in [2.45, 2.75) is 6.92 Å². The van der Waals surface area contributed by atoms with Gasteiger partial charge in [-0.25, -0.2) is 0 Å². The van der Waals surface area contributed by atoms with E-state index < -0.39 is 0 Å². The van der Waals surface area contributed by atoms with E-state index in [9.17, 15) is 4.79 Å². The van der Waals surface area contributed by atoms with Crippen molar-refractivity contribution < 1.29 is 4.79 Å². The highest BCUT2D eigenvalue weighted by atomic mass is 16.2. The molecule has 0 fully saturated rings. The van der Waals surface area contributed by atoms with Crippen LogP contribution in [-0.4, -0.2) is 5.91 Å². The summed E-state index contributed by atoms with van der Waals surface area (Å²) < 4.78 is 0. The van der Waals surface area contributed by atoms with Gasteiger partial charge in [0.15, 0.2) is 0 Å². The number of rotatable bonds is 2. The Kier molecular flexibility index (Phi) is 2.53. The molecule has 0 saturated heterocycles. The zero-order chi connectivity index (χ0) is 10.7. The van der Waals surface area contributed by atoms with E-state index in [0.29, 0.717) is 0 Å².